The van der Waals surface area contributed by atoms with E-state index < -0.39 is 75.7 Å². The lowest BCUT2D eigenvalue weighted by atomic mass is 9.85. The summed E-state index contributed by atoms with van der Waals surface area (Å²) in [5.41, 5.74) is 0. The van der Waals surface area contributed by atoms with E-state index in [1.807, 2.05) is 0 Å². The normalized spacial score (nSPS) is 21.5. The Bertz CT molecular complexity index is 1350. The minimum absolute atomic E-state index is 0.0450. The summed E-state index contributed by atoms with van der Waals surface area (Å²) in [6.07, 6.45) is 38.9. The molecule has 0 amide bonds. The van der Waals surface area contributed by atoms with Gasteiger partial charge in [-0.05, 0) is 51.4 Å². The van der Waals surface area contributed by atoms with Crippen LogP contribution < -0.4 is 0 Å². The van der Waals surface area contributed by atoms with E-state index in [9.17, 15) is 44.6 Å². The summed E-state index contributed by atoms with van der Waals surface area (Å²) < 4.78 is 33.6. The number of hydrogen-bond acceptors (Lipinski definition) is 12. The van der Waals surface area contributed by atoms with Gasteiger partial charge in [-0.15, -0.1) is 0 Å². The largest absolute Gasteiger partial charge is 0.472 e. The first-order valence-electron chi connectivity index (χ1n) is 26.4. The van der Waals surface area contributed by atoms with Gasteiger partial charge in [-0.25, -0.2) is 4.57 Å². The van der Waals surface area contributed by atoms with Gasteiger partial charge in [0.25, 0.3) is 0 Å². The molecule has 1 saturated carbocycles. The van der Waals surface area contributed by atoms with Crippen molar-refractivity contribution in [3.8, 4) is 0 Å². The molecule has 6 unspecified atom stereocenters. The van der Waals surface area contributed by atoms with Gasteiger partial charge in [-0.3, -0.25) is 18.6 Å². The van der Waals surface area contributed by atoms with Crippen molar-refractivity contribution in [2.75, 3.05) is 13.2 Å². The van der Waals surface area contributed by atoms with Crippen LogP contribution in [-0.2, 0) is 32.7 Å². The Labute approximate surface area is 405 Å². The zero-order valence-corrected chi connectivity index (χ0v) is 42.6. The molecule has 0 aromatic carbocycles. The van der Waals surface area contributed by atoms with Crippen LogP contribution in [0.4, 0.5) is 0 Å². The number of unbranched alkanes of at least 4 members (excludes halogenated alkanes) is 24. The zero-order chi connectivity index (χ0) is 49.2. The highest BCUT2D eigenvalue weighted by molar-refractivity contribution is 7.47. The lowest BCUT2D eigenvalue weighted by Crippen LogP contribution is -2.64. The lowest BCUT2D eigenvalue weighted by molar-refractivity contribution is -0.220. The number of allylic oxidation sites excluding steroid dienone is 8. The maximum atomic E-state index is 12.8. The van der Waals surface area contributed by atoms with E-state index in [1.165, 1.54) is 122 Å². The van der Waals surface area contributed by atoms with Crippen molar-refractivity contribution >= 4 is 19.8 Å². The standard InChI is InChI=1S/C53H95O13P/c1-3-5-7-9-11-13-15-17-19-20-21-22-23-24-25-26-28-29-31-33-35-37-39-41-46(54)63-43-45(44-64-67(61,62)66-53-51(59)49(57)48(56)50(58)52(53)60)65-47(55)42-40-38-36-34-32-30-27-18-16-14-12-10-8-6-4-2/h6,8,12,14,18,27,32,34,45,48-53,56-60H,3-5,7,9-11,13,15-17,19-26,28-31,33,35-44H2,1-2H3,(H,61,62)/b8-6+,14-12+,27-18+,34-32+/t45-,48?,49-,50?,51?,52?,53?/m0/s1. The van der Waals surface area contributed by atoms with E-state index in [1.54, 1.807) is 0 Å². The third kappa shape index (κ3) is 34.7. The minimum Gasteiger partial charge on any atom is -0.462 e. The first-order chi connectivity index (χ1) is 32.4. The third-order valence-corrected chi connectivity index (χ3v) is 13.2. The molecule has 1 aliphatic rings. The molecular formula is C53H95O13P. The Morgan fingerprint density at radius 1 is 0.478 bits per heavy atom. The first-order valence-corrected chi connectivity index (χ1v) is 27.9. The first kappa shape index (κ1) is 62.8. The van der Waals surface area contributed by atoms with Crippen molar-refractivity contribution in [3.05, 3.63) is 48.6 Å². The number of aliphatic hydroxyl groups is 5. The zero-order valence-electron chi connectivity index (χ0n) is 41.7. The monoisotopic (exact) mass is 971 g/mol. The summed E-state index contributed by atoms with van der Waals surface area (Å²) in [6.45, 7) is 3.18. The van der Waals surface area contributed by atoms with Crippen molar-refractivity contribution in [2.24, 2.45) is 0 Å². The highest BCUT2D eigenvalue weighted by Crippen LogP contribution is 2.47. The second-order valence-corrected chi connectivity index (χ2v) is 19.8. The van der Waals surface area contributed by atoms with Crippen LogP contribution in [0.15, 0.2) is 48.6 Å². The fourth-order valence-corrected chi connectivity index (χ4v) is 8.96. The van der Waals surface area contributed by atoms with E-state index in [0.717, 1.165) is 57.8 Å². The topological polar surface area (TPSA) is 210 Å². The molecule has 67 heavy (non-hydrogen) atoms. The Morgan fingerprint density at radius 3 is 1.30 bits per heavy atom. The molecule has 6 N–H and O–H groups in total. The highest BCUT2D eigenvalue weighted by atomic mass is 31.2. The Kier molecular flexibility index (Phi) is 40.0. The predicted molar refractivity (Wildman–Crippen MR) is 267 cm³/mol. The summed E-state index contributed by atoms with van der Waals surface area (Å²) in [5, 5.41) is 50.3. The molecule has 1 fully saturated rings. The molecule has 0 heterocycles. The van der Waals surface area contributed by atoms with Crippen LogP contribution in [0, 0.1) is 0 Å². The van der Waals surface area contributed by atoms with Gasteiger partial charge in [0.05, 0.1) is 6.61 Å². The van der Waals surface area contributed by atoms with Gasteiger partial charge in [0.15, 0.2) is 6.10 Å². The maximum Gasteiger partial charge on any atom is 0.472 e. The van der Waals surface area contributed by atoms with Gasteiger partial charge >= 0.3 is 19.8 Å². The number of carbonyl (C=O) groups excluding carboxylic acids is 2. The molecule has 0 radical (unpaired) electrons. The number of phosphoric acid groups is 1. The average molecular weight is 971 g/mol. The fourth-order valence-electron chi connectivity index (χ4n) is 7.99. The Balaban J connectivity index is 2.36. The van der Waals surface area contributed by atoms with Crippen molar-refractivity contribution < 1.29 is 63.1 Å². The van der Waals surface area contributed by atoms with Crippen LogP contribution in [0.25, 0.3) is 0 Å². The number of aliphatic hydroxyl groups excluding tert-OH is 5. The summed E-state index contributed by atoms with van der Waals surface area (Å²) in [7, 11) is -5.13. The van der Waals surface area contributed by atoms with Gasteiger partial charge in [-0.2, -0.15) is 0 Å². The molecule has 1 rings (SSSR count). The lowest BCUT2D eigenvalue weighted by Gasteiger charge is -2.41. The number of phosphoric ester groups is 1. The maximum absolute atomic E-state index is 12.8. The van der Waals surface area contributed by atoms with Crippen molar-refractivity contribution in [1.82, 2.24) is 0 Å². The number of carbonyl (C=O) groups is 2. The fraction of sp³-hybridized carbons (Fsp3) is 0.811. The van der Waals surface area contributed by atoms with Gasteiger partial charge in [-0.1, -0.05) is 204 Å². The van der Waals surface area contributed by atoms with Crippen LogP contribution in [0.5, 0.6) is 0 Å². The Morgan fingerprint density at radius 2 is 0.851 bits per heavy atom. The van der Waals surface area contributed by atoms with Crippen LogP contribution in [0.2, 0.25) is 0 Å². The molecule has 0 aromatic rings. The highest BCUT2D eigenvalue weighted by Gasteiger charge is 2.51. The predicted octanol–water partition coefficient (Wildman–Crippen LogP) is 11.5. The second kappa shape index (κ2) is 42.7. The molecule has 13 nitrogen and oxygen atoms in total. The van der Waals surface area contributed by atoms with Crippen LogP contribution >= 0.6 is 7.82 Å². The molecule has 14 heteroatoms. The summed E-state index contributed by atoms with van der Waals surface area (Å²) in [6, 6.07) is 0. The third-order valence-electron chi connectivity index (χ3n) is 12.2. The molecule has 0 saturated heterocycles. The second-order valence-electron chi connectivity index (χ2n) is 18.4. The van der Waals surface area contributed by atoms with Crippen LogP contribution in [0.3, 0.4) is 0 Å². The van der Waals surface area contributed by atoms with Gasteiger partial charge in [0.1, 0.15) is 43.2 Å². The molecule has 390 valence electrons. The van der Waals surface area contributed by atoms with E-state index in [-0.39, 0.29) is 12.8 Å². The van der Waals surface area contributed by atoms with Crippen molar-refractivity contribution in [2.45, 2.75) is 262 Å². The van der Waals surface area contributed by atoms with Crippen LogP contribution in [0.1, 0.15) is 219 Å². The quantitative estimate of drug-likeness (QED) is 0.0145. The molecule has 0 spiro atoms. The minimum atomic E-state index is -5.13. The molecule has 8 atom stereocenters. The SMILES string of the molecule is CC/C=C/C/C=C/C/C=C/C/C=C/CCCCC(=O)O[C@@H](COC(=O)CCCCCCCCCCCCCCCCCCCCCCCCC)COP(=O)(O)OC1C(O)C(O)C(O)[C@H](O)C1O. The van der Waals surface area contributed by atoms with Crippen LogP contribution in [-0.4, -0.2) is 98.3 Å². The van der Waals surface area contributed by atoms with Gasteiger partial charge in [0, 0.05) is 12.8 Å². The molecule has 0 aromatic heterocycles. The van der Waals surface area contributed by atoms with Crippen molar-refractivity contribution in [3.63, 3.8) is 0 Å². The molecule has 0 aliphatic heterocycles. The number of ether oxygens (including phenoxy) is 2. The van der Waals surface area contributed by atoms with E-state index in [0.29, 0.717) is 12.8 Å². The number of esters is 2. The number of rotatable bonds is 44. The smallest absolute Gasteiger partial charge is 0.462 e. The van der Waals surface area contributed by atoms with Crippen molar-refractivity contribution in [1.29, 1.82) is 0 Å². The van der Waals surface area contributed by atoms with E-state index in [4.69, 9.17) is 18.5 Å². The summed E-state index contributed by atoms with van der Waals surface area (Å²) in [5.74, 6) is -1.14. The van der Waals surface area contributed by atoms with E-state index >= 15 is 0 Å². The summed E-state index contributed by atoms with van der Waals surface area (Å²) >= 11 is 0. The van der Waals surface area contributed by atoms with Gasteiger partial charge < -0.3 is 39.9 Å². The molecule has 0 bridgehead atoms. The molecular weight excluding hydrogens is 876 g/mol. The Hall–Kier alpha value is -2.19. The van der Waals surface area contributed by atoms with E-state index in [2.05, 4.69) is 62.5 Å². The summed E-state index contributed by atoms with van der Waals surface area (Å²) in [4.78, 5) is 35.8. The van der Waals surface area contributed by atoms with Gasteiger partial charge in [0.2, 0.25) is 0 Å². The molecule has 1 aliphatic carbocycles. The average Bonchev–Trinajstić information content (AvgIpc) is 3.31. The number of hydrogen-bond donors (Lipinski definition) is 6.